The van der Waals surface area contributed by atoms with Gasteiger partial charge in [-0.25, -0.2) is 8.42 Å². The zero-order chi connectivity index (χ0) is 15.5. The maximum Gasteiger partial charge on any atom is 0.288 e. The highest BCUT2D eigenvalue weighted by atomic mass is 32.2. The molecule has 0 amide bonds. The highest BCUT2D eigenvalue weighted by molar-refractivity contribution is 7.91. The minimum Gasteiger partial charge on any atom is -0.384 e. The number of benzene rings is 2. The minimum absolute atomic E-state index is 0.0288. The fraction of sp³-hybridized carbons (Fsp3) is 0.143. The number of rotatable bonds is 5. The molecule has 0 saturated carbocycles. The number of nitro groups is 1. The predicted octanol–water partition coefficient (Wildman–Crippen LogP) is 2.86. The monoisotopic (exact) mass is 306 g/mol. The molecule has 2 aromatic carbocycles. The van der Waals surface area contributed by atoms with Crippen LogP contribution < -0.4 is 5.32 Å². The van der Waals surface area contributed by atoms with E-state index in [4.69, 9.17) is 0 Å². The van der Waals surface area contributed by atoms with Gasteiger partial charge >= 0.3 is 0 Å². The van der Waals surface area contributed by atoms with E-state index in [0.29, 0.717) is 12.2 Å². The molecular formula is C14H14N2O4S. The van der Waals surface area contributed by atoms with E-state index in [1.807, 2.05) is 6.92 Å². The van der Waals surface area contributed by atoms with Crippen LogP contribution in [0.4, 0.5) is 11.4 Å². The fourth-order valence-electron chi connectivity index (χ4n) is 1.99. The van der Waals surface area contributed by atoms with Gasteiger partial charge in [0, 0.05) is 12.6 Å². The molecule has 0 spiro atoms. The van der Waals surface area contributed by atoms with E-state index in [1.54, 1.807) is 18.2 Å². The van der Waals surface area contributed by atoms with E-state index in [1.165, 1.54) is 30.3 Å². The van der Waals surface area contributed by atoms with Crippen LogP contribution >= 0.6 is 0 Å². The Hall–Kier alpha value is -2.41. The third-order valence-corrected chi connectivity index (χ3v) is 4.75. The lowest BCUT2D eigenvalue weighted by molar-refractivity contribution is -0.387. The third-order valence-electron chi connectivity index (χ3n) is 2.90. The van der Waals surface area contributed by atoms with E-state index in [2.05, 4.69) is 5.32 Å². The second-order valence-electron chi connectivity index (χ2n) is 4.25. The van der Waals surface area contributed by atoms with E-state index >= 15 is 0 Å². The molecule has 0 fully saturated rings. The Morgan fingerprint density at radius 1 is 1.05 bits per heavy atom. The Bertz CT molecular complexity index is 772. The number of nitrogens with zero attached hydrogens (tertiary/aromatic N) is 1. The lowest BCUT2D eigenvalue weighted by Crippen LogP contribution is -2.09. The molecule has 2 aromatic rings. The SMILES string of the molecule is CCNc1ccccc1S(=O)(=O)c1ccccc1[N+](=O)[O-]. The van der Waals surface area contributed by atoms with Crippen LogP contribution in [0.25, 0.3) is 0 Å². The van der Waals surface area contributed by atoms with Crippen molar-refractivity contribution in [2.45, 2.75) is 16.7 Å². The van der Waals surface area contributed by atoms with Gasteiger partial charge in [-0.15, -0.1) is 0 Å². The number of hydrogen-bond acceptors (Lipinski definition) is 5. The van der Waals surface area contributed by atoms with Crippen molar-refractivity contribution in [2.24, 2.45) is 0 Å². The Morgan fingerprint density at radius 2 is 1.62 bits per heavy atom. The molecule has 21 heavy (non-hydrogen) atoms. The van der Waals surface area contributed by atoms with Gasteiger partial charge in [0.05, 0.1) is 15.5 Å². The van der Waals surface area contributed by atoms with E-state index in [9.17, 15) is 18.5 Å². The number of hydrogen-bond donors (Lipinski definition) is 1. The van der Waals surface area contributed by atoms with Crippen molar-refractivity contribution >= 4 is 21.2 Å². The summed E-state index contributed by atoms with van der Waals surface area (Å²) in [6.07, 6.45) is 0. The van der Waals surface area contributed by atoms with Crippen molar-refractivity contribution in [3.05, 3.63) is 58.6 Å². The van der Waals surface area contributed by atoms with Crippen molar-refractivity contribution in [2.75, 3.05) is 11.9 Å². The molecule has 0 aromatic heterocycles. The first-order chi connectivity index (χ1) is 9.98. The van der Waals surface area contributed by atoms with Crippen LogP contribution in [0.3, 0.4) is 0 Å². The smallest absolute Gasteiger partial charge is 0.288 e. The number of para-hydroxylation sites is 2. The largest absolute Gasteiger partial charge is 0.384 e. The molecule has 6 nitrogen and oxygen atoms in total. The standard InChI is InChI=1S/C14H14N2O4S/c1-2-15-11-7-3-5-9-13(11)21(19,20)14-10-6-4-8-12(14)16(17)18/h3-10,15H,2H2,1H3. The second-order valence-corrected chi connectivity index (χ2v) is 6.14. The number of anilines is 1. The molecule has 0 atom stereocenters. The third kappa shape index (κ3) is 2.87. The summed E-state index contributed by atoms with van der Waals surface area (Å²) < 4.78 is 25.4. The molecule has 0 saturated heterocycles. The maximum atomic E-state index is 12.7. The molecule has 110 valence electrons. The summed E-state index contributed by atoms with van der Waals surface area (Å²) in [5.74, 6) is 0. The van der Waals surface area contributed by atoms with Gasteiger partial charge in [-0.3, -0.25) is 10.1 Å². The van der Waals surface area contributed by atoms with Crippen molar-refractivity contribution in [1.82, 2.24) is 0 Å². The lowest BCUT2D eigenvalue weighted by atomic mass is 10.3. The molecule has 0 radical (unpaired) electrons. The quantitative estimate of drug-likeness (QED) is 0.677. The minimum atomic E-state index is -3.97. The van der Waals surface area contributed by atoms with E-state index < -0.39 is 20.4 Å². The van der Waals surface area contributed by atoms with Gasteiger partial charge in [-0.1, -0.05) is 24.3 Å². The molecular weight excluding hydrogens is 292 g/mol. The van der Waals surface area contributed by atoms with Crippen LogP contribution in [-0.4, -0.2) is 19.9 Å². The maximum absolute atomic E-state index is 12.7. The zero-order valence-corrected chi connectivity index (χ0v) is 12.1. The summed E-state index contributed by atoms with van der Waals surface area (Å²) >= 11 is 0. The van der Waals surface area contributed by atoms with Crippen LogP contribution in [0, 0.1) is 10.1 Å². The molecule has 0 aliphatic rings. The lowest BCUT2D eigenvalue weighted by Gasteiger charge is -2.11. The van der Waals surface area contributed by atoms with Gasteiger partial charge in [-0.05, 0) is 25.1 Å². The van der Waals surface area contributed by atoms with Crippen molar-refractivity contribution in [1.29, 1.82) is 0 Å². The number of nitrogens with one attached hydrogen (secondary N) is 1. The first-order valence-corrected chi connectivity index (χ1v) is 7.78. The normalized spacial score (nSPS) is 11.1. The van der Waals surface area contributed by atoms with Gasteiger partial charge in [-0.2, -0.15) is 0 Å². The van der Waals surface area contributed by atoms with Crippen LogP contribution in [0.1, 0.15) is 6.92 Å². The Kier molecular flexibility index (Phi) is 4.23. The number of nitro benzene ring substituents is 1. The van der Waals surface area contributed by atoms with Crippen LogP contribution in [0.5, 0.6) is 0 Å². The van der Waals surface area contributed by atoms with E-state index in [-0.39, 0.29) is 9.79 Å². The van der Waals surface area contributed by atoms with Gasteiger partial charge in [0.1, 0.15) is 4.90 Å². The Labute approximate surface area is 122 Å². The summed E-state index contributed by atoms with van der Waals surface area (Å²) in [6.45, 7) is 2.39. The molecule has 2 rings (SSSR count). The molecule has 7 heteroatoms. The summed E-state index contributed by atoms with van der Waals surface area (Å²) in [6, 6.07) is 11.7. The van der Waals surface area contributed by atoms with Crippen LogP contribution in [-0.2, 0) is 9.84 Å². The molecule has 0 aliphatic carbocycles. The van der Waals surface area contributed by atoms with Crippen LogP contribution in [0.15, 0.2) is 58.3 Å². The molecule has 0 bridgehead atoms. The average Bonchev–Trinajstić information content (AvgIpc) is 2.48. The van der Waals surface area contributed by atoms with Crippen molar-refractivity contribution in [3.8, 4) is 0 Å². The average molecular weight is 306 g/mol. The molecule has 1 N–H and O–H groups in total. The van der Waals surface area contributed by atoms with Crippen LogP contribution in [0.2, 0.25) is 0 Å². The highest BCUT2D eigenvalue weighted by Crippen LogP contribution is 2.32. The zero-order valence-electron chi connectivity index (χ0n) is 11.3. The summed E-state index contributed by atoms with van der Waals surface area (Å²) in [4.78, 5) is 10.1. The first kappa shape index (κ1) is 15.0. The van der Waals surface area contributed by atoms with Gasteiger partial charge in [0.2, 0.25) is 9.84 Å². The predicted molar refractivity (Wildman–Crippen MR) is 79.2 cm³/mol. The topological polar surface area (TPSA) is 89.3 Å². The summed E-state index contributed by atoms with van der Waals surface area (Å²) in [5.41, 5.74) is 0.00181. The van der Waals surface area contributed by atoms with Crippen molar-refractivity contribution in [3.63, 3.8) is 0 Å². The summed E-state index contributed by atoms with van der Waals surface area (Å²) in [5, 5.41) is 14.0. The Morgan fingerprint density at radius 3 is 2.24 bits per heavy atom. The van der Waals surface area contributed by atoms with Crippen molar-refractivity contribution < 1.29 is 13.3 Å². The number of sulfone groups is 1. The van der Waals surface area contributed by atoms with E-state index in [0.717, 1.165) is 0 Å². The summed E-state index contributed by atoms with van der Waals surface area (Å²) in [7, 11) is -3.97. The van der Waals surface area contributed by atoms with Gasteiger partial charge < -0.3 is 5.32 Å². The molecule has 0 aliphatic heterocycles. The molecule has 0 unspecified atom stereocenters. The second kappa shape index (κ2) is 5.92. The highest BCUT2D eigenvalue weighted by Gasteiger charge is 2.28. The fourth-order valence-corrected chi connectivity index (χ4v) is 3.59. The molecule has 0 heterocycles. The van der Waals surface area contributed by atoms with Gasteiger partial charge in [0.15, 0.2) is 0 Å². The van der Waals surface area contributed by atoms with Gasteiger partial charge in [0.25, 0.3) is 5.69 Å². The Balaban J connectivity index is 2.66. The first-order valence-electron chi connectivity index (χ1n) is 6.30.